The first-order chi connectivity index (χ1) is 9.28. The standard InChI is InChI=1S/C17H23NO/c1-3-9-18-15-8-7-13(10-15)16-11-14-6-4-5-12(2)17(14)19-16/h4-6,11,13,15,18H,3,7-10H2,1-2H3. The second-order valence-corrected chi connectivity index (χ2v) is 5.80. The molecule has 102 valence electrons. The molecule has 0 bridgehead atoms. The van der Waals surface area contributed by atoms with Crippen LogP contribution in [0.4, 0.5) is 0 Å². The molecule has 2 unspecified atom stereocenters. The fourth-order valence-electron chi connectivity index (χ4n) is 3.20. The Hall–Kier alpha value is -1.28. The number of furan rings is 1. The van der Waals surface area contributed by atoms with Crippen LogP contribution in [-0.4, -0.2) is 12.6 Å². The van der Waals surface area contributed by atoms with Crippen molar-refractivity contribution in [3.05, 3.63) is 35.6 Å². The number of hydrogen-bond acceptors (Lipinski definition) is 2. The fourth-order valence-corrected chi connectivity index (χ4v) is 3.20. The van der Waals surface area contributed by atoms with E-state index in [1.807, 2.05) is 0 Å². The van der Waals surface area contributed by atoms with Crippen molar-refractivity contribution in [3.63, 3.8) is 0 Å². The van der Waals surface area contributed by atoms with Gasteiger partial charge in [0.25, 0.3) is 0 Å². The van der Waals surface area contributed by atoms with E-state index in [9.17, 15) is 0 Å². The minimum Gasteiger partial charge on any atom is -0.461 e. The first-order valence-electron chi connectivity index (χ1n) is 7.50. The van der Waals surface area contributed by atoms with E-state index in [1.54, 1.807) is 0 Å². The maximum absolute atomic E-state index is 6.11. The van der Waals surface area contributed by atoms with Crippen molar-refractivity contribution in [2.45, 2.75) is 51.5 Å². The van der Waals surface area contributed by atoms with Gasteiger partial charge in [-0.25, -0.2) is 0 Å². The van der Waals surface area contributed by atoms with Crippen LogP contribution in [-0.2, 0) is 0 Å². The number of para-hydroxylation sites is 1. The second kappa shape index (κ2) is 5.38. The highest BCUT2D eigenvalue weighted by atomic mass is 16.3. The quantitative estimate of drug-likeness (QED) is 0.879. The minimum atomic E-state index is 0.598. The highest BCUT2D eigenvalue weighted by Crippen LogP contribution is 2.37. The molecule has 0 aliphatic heterocycles. The smallest absolute Gasteiger partial charge is 0.137 e. The Morgan fingerprint density at radius 1 is 1.32 bits per heavy atom. The Morgan fingerprint density at radius 3 is 3.00 bits per heavy atom. The van der Waals surface area contributed by atoms with Crippen molar-refractivity contribution >= 4 is 11.0 Å². The monoisotopic (exact) mass is 257 g/mol. The predicted octanol–water partition coefficient (Wildman–Crippen LogP) is 4.38. The topological polar surface area (TPSA) is 25.2 Å². The zero-order valence-corrected chi connectivity index (χ0v) is 11.9. The average Bonchev–Trinajstić information content (AvgIpc) is 3.03. The van der Waals surface area contributed by atoms with Gasteiger partial charge in [-0.05, 0) is 50.8 Å². The van der Waals surface area contributed by atoms with Crippen LogP contribution < -0.4 is 5.32 Å². The lowest BCUT2D eigenvalue weighted by Crippen LogP contribution is -2.26. The third-order valence-electron chi connectivity index (χ3n) is 4.28. The normalized spacial score (nSPS) is 23.3. The van der Waals surface area contributed by atoms with E-state index in [0.717, 1.165) is 12.1 Å². The summed E-state index contributed by atoms with van der Waals surface area (Å²) in [5.74, 6) is 1.78. The molecule has 0 radical (unpaired) electrons. The van der Waals surface area contributed by atoms with Crippen molar-refractivity contribution in [3.8, 4) is 0 Å². The van der Waals surface area contributed by atoms with Crippen LogP contribution in [0.3, 0.4) is 0 Å². The summed E-state index contributed by atoms with van der Waals surface area (Å²) in [4.78, 5) is 0. The summed E-state index contributed by atoms with van der Waals surface area (Å²) in [6.45, 7) is 5.48. The van der Waals surface area contributed by atoms with Crippen LogP contribution in [0.15, 0.2) is 28.7 Å². The van der Waals surface area contributed by atoms with Gasteiger partial charge in [0.1, 0.15) is 11.3 Å². The lowest BCUT2D eigenvalue weighted by Gasteiger charge is -2.11. The Labute approximate surface area is 115 Å². The zero-order valence-electron chi connectivity index (χ0n) is 11.9. The first kappa shape index (κ1) is 12.7. The lowest BCUT2D eigenvalue weighted by atomic mass is 10.0. The third-order valence-corrected chi connectivity index (χ3v) is 4.28. The van der Waals surface area contributed by atoms with Crippen molar-refractivity contribution in [1.29, 1.82) is 0 Å². The van der Waals surface area contributed by atoms with Gasteiger partial charge in [0.15, 0.2) is 0 Å². The number of benzene rings is 1. The van der Waals surface area contributed by atoms with Gasteiger partial charge in [0.05, 0.1) is 0 Å². The van der Waals surface area contributed by atoms with Gasteiger partial charge in [-0.3, -0.25) is 0 Å². The summed E-state index contributed by atoms with van der Waals surface area (Å²) in [6.07, 6.45) is 4.96. The van der Waals surface area contributed by atoms with Crippen molar-refractivity contribution < 1.29 is 4.42 Å². The van der Waals surface area contributed by atoms with Crippen molar-refractivity contribution in [2.24, 2.45) is 0 Å². The average molecular weight is 257 g/mol. The van der Waals surface area contributed by atoms with E-state index < -0.39 is 0 Å². The first-order valence-corrected chi connectivity index (χ1v) is 7.50. The molecule has 1 saturated carbocycles. The van der Waals surface area contributed by atoms with Crippen molar-refractivity contribution in [1.82, 2.24) is 5.32 Å². The summed E-state index contributed by atoms with van der Waals surface area (Å²) in [7, 11) is 0. The Kier molecular flexibility index (Phi) is 3.61. The van der Waals surface area contributed by atoms with E-state index in [-0.39, 0.29) is 0 Å². The molecule has 0 spiro atoms. The molecular formula is C17H23NO. The largest absolute Gasteiger partial charge is 0.461 e. The zero-order chi connectivity index (χ0) is 13.2. The van der Waals surface area contributed by atoms with Crippen LogP contribution in [0.1, 0.15) is 49.8 Å². The molecule has 1 heterocycles. The van der Waals surface area contributed by atoms with Gasteiger partial charge >= 0.3 is 0 Å². The highest BCUT2D eigenvalue weighted by Gasteiger charge is 2.27. The van der Waals surface area contributed by atoms with E-state index in [0.29, 0.717) is 12.0 Å². The van der Waals surface area contributed by atoms with Gasteiger partial charge in [-0.15, -0.1) is 0 Å². The SMILES string of the molecule is CCCNC1CCC(c2cc3cccc(C)c3o2)C1. The maximum atomic E-state index is 6.11. The number of rotatable bonds is 4. The molecule has 0 amide bonds. The highest BCUT2D eigenvalue weighted by molar-refractivity contribution is 5.81. The fraction of sp³-hybridized carbons (Fsp3) is 0.529. The summed E-state index contributed by atoms with van der Waals surface area (Å²) >= 11 is 0. The molecule has 2 aromatic rings. The number of hydrogen-bond donors (Lipinski definition) is 1. The van der Waals surface area contributed by atoms with E-state index in [4.69, 9.17) is 4.42 Å². The summed E-state index contributed by atoms with van der Waals surface area (Å²) in [5.41, 5.74) is 2.31. The van der Waals surface area contributed by atoms with Gasteiger partial charge in [0.2, 0.25) is 0 Å². The molecule has 3 rings (SSSR count). The molecule has 19 heavy (non-hydrogen) atoms. The van der Waals surface area contributed by atoms with Gasteiger partial charge in [-0.1, -0.05) is 25.1 Å². The van der Waals surface area contributed by atoms with Crippen LogP contribution in [0.2, 0.25) is 0 Å². The molecule has 1 aliphatic carbocycles. The summed E-state index contributed by atoms with van der Waals surface area (Å²) < 4.78 is 6.11. The summed E-state index contributed by atoms with van der Waals surface area (Å²) in [5, 5.41) is 4.88. The number of fused-ring (bicyclic) bond motifs is 1. The molecule has 1 aromatic carbocycles. The summed E-state index contributed by atoms with van der Waals surface area (Å²) in [6, 6.07) is 9.30. The molecule has 1 aliphatic rings. The predicted molar refractivity (Wildman–Crippen MR) is 79.6 cm³/mol. The van der Waals surface area contributed by atoms with Crippen LogP contribution in [0.25, 0.3) is 11.0 Å². The van der Waals surface area contributed by atoms with Crippen molar-refractivity contribution in [2.75, 3.05) is 6.54 Å². The van der Waals surface area contributed by atoms with E-state index in [2.05, 4.69) is 43.4 Å². The second-order valence-electron chi connectivity index (χ2n) is 5.80. The van der Waals surface area contributed by atoms with E-state index >= 15 is 0 Å². The van der Waals surface area contributed by atoms with Crippen LogP contribution in [0, 0.1) is 6.92 Å². The molecular weight excluding hydrogens is 234 g/mol. The Morgan fingerprint density at radius 2 is 2.21 bits per heavy atom. The van der Waals surface area contributed by atoms with Crippen LogP contribution in [0.5, 0.6) is 0 Å². The molecule has 2 nitrogen and oxygen atoms in total. The molecule has 1 aromatic heterocycles. The minimum absolute atomic E-state index is 0.598. The molecule has 0 saturated heterocycles. The molecule has 2 heteroatoms. The van der Waals surface area contributed by atoms with Crippen LogP contribution >= 0.6 is 0 Å². The molecule has 2 atom stereocenters. The molecule has 1 fully saturated rings. The van der Waals surface area contributed by atoms with Gasteiger partial charge < -0.3 is 9.73 Å². The number of nitrogens with one attached hydrogen (secondary N) is 1. The van der Waals surface area contributed by atoms with Gasteiger partial charge in [0, 0.05) is 17.3 Å². The Balaban J connectivity index is 1.76. The van der Waals surface area contributed by atoms with E-state index in [1.165, 1.54) is 42.4 Å². The molecule has 1 N–H and O–H groups in total. The maximum Gasteiger partial charge on any atom is 0.137 e. The Bertz CT molecular complexity index is 557. The lowest BCUT2D eigenvalue weighted by molar-refractivity contribution is 0.472. The number of aryl methyl sites for hydroxylation is 1. The van der Waals surface area contributed by atoms with Gasteiger partial charge in [-0.2, -0.15) is 0 Å². The third kappa shape index (κ3) is 2.55.